The molecule has 0 saturated carbocycles. The zero-order valence-electron chi connectivity index (χ0n) is 7.70. The van der Waals surface area contributed by atoms with Gasteiger partial charge >= 0.3 is 0 Å². The summed E-state index contributed by atoms with van der Waals surface area (Å²) < 4.78 is 5.98. The van der Waals surface area contributed by atoms with Crippen molar-refractivity contribution >= 4 is 22.9 Å². The van der Waals surface area contributed by atoms with Crippen molar-refractivity contribution in [1.29, 1.82) is 0 Å². The maximum Gasteiger partial charge on any atom is 0.113 e. The molecule has 1 N–H and O–H groups in total. The van der Waals surface area contributed by atoms with Gasteiger partial charge in [-0.05, 0) is 0 Å². The number of hydrogen-bond donors (Lipinski definition) is 1. The number of halogens is 1. The van der Waals surface area contributed by atoms with E-state index in [4.69, 9.17) is 16.3 Å². The maximum absolute atomic E-state index is 5.78. The molecule has 14 heavy (non-hydrogen) atoms. The minimum atomic E-state index is 0.740. The highest BCUT2D eigenvalue weighted by Gasteiger charge is 2.09. The van der Waals surface area contributed by atoms with Crippen molar-refractivity contribution in [3.8, 4) is 0 Å². The number of hydrazine groups is 1. The van der Waals surface area contributed by atoms with E-state index in [9.17, 15) is 0 Å². The van der Waals surface area contributed by atoms with Gasteiger partial charge < -0.3 is 4.74 Å². The molecule has 0 aromatic carbocycles. The van der Waals surface area contributed by atoms with Crippen molar-refractivity contribution in [3.05, 3.63) is 15.5 Å². The highest BCUT2D eigenvalue weighted by atomic mass is 35.5. The Morgan fingerprint density at radius 2 is 2.36 bits per heavy atom. The molecule has 1 aromatic heterocycles. The SMILES string of the molecule is Clc1cnc(CNN2CCOCC2)s1. The highest BCUT2D eigenvalue weighted by Crippen LogP contribution is 2.17. The van der Waals surface area contributed by atoms with E-state index >= 15 is 0 Å². The van der Waals surface area contributed by atoms with Crippen LogP contribution in [-0.2, 0) is 11.3 Å². The highest BCUT2D eigenvalue weighted by molar-refractivity contribution is 7.15. The summed E-state index contributed by atoms with van der Waals surface area (Å²) in [6, 6.07) is 0. The minimum absolute atomic E-state index is 0.740. The van der Waals surface area contributed by atoms with Gasteiger partial charge in [0, 0.05) is 13.1 Å². The molecule has 0 amide bonds. The van der Waals surface area contributed by atoms with Crippen LogP contribution in [-0.4, -0.2) is 36.3 Å². The van der Waals surface area contributed by atoms with Crippen molar-refractivity contribution < 1.29 is 4.74 Å². The van der Waals surface area contributed by atoms with Crippen molar-refractivity contribution in [2.24, 2.45) is 0 Å². The molecule has 2 rings (SSSR count). The van der Waals surface area contributed by atoms with Gasteiger partial charge in [-0.15, -0.1) is 11.3 Å². The molecule has 1 aliphatic rings. The smallest absolute Gasteiger partial charge is 0.113 e. The van der Waals surface area contributed by atoms with Crippen LogP contribution >= 0.6 is 22.9 Å². The number of nitrogens with one attached hydrogen (secondary N) is 1. The van der Waals surface area contributed by atoms with Gasteiger partial charge in [0.1, 0.15) is 9.34 Å². The van der Waals surface area contributed by atoms with Gasteiger partial charge in [0.15, 0.2) is 0 Å². The number of morpholine rings is 1. The largest absolute Gasteiger partial charge is 0.379 e. The number of rotatable bonds is 3. The fraction of sp³-hybridized carbons (Fsp3) is 0.625. The molecule has 0 unspecified atom stereocenters. The molecule has 1 aliphatic heterocycles. The molecule has 78 valence electrons. The van der Waals surface area contributed by atoms with Gasteiger partial charge in [-0.3, -0.25) is 0 Å². The first-order valence-electron chi connectivity index (χ1n) is 4.51. The summed E-state index contributed by atoms with van der Waals surface area (Å²) in [4.78, 5) is 4.17. The predicted octanol–water partition coefficient (Wildman–Crippen LogP) is 1.13. The number of ether oxygens (including phenoxy) is 1. The molecule has 0 bridgehead atoms. The molecule has 0 radical (unpaired) electrons. The third-order valence-electron chi connectivity index (χ3n) is 1.99. The average Bonchev–Trinajstić information content (AvgIpc) is 2.63. The zero-order valence-corrected chi connectivity index (χ0v) is 9.27. The predicted molar refractivity (Wildman–Crippen MR) is 56.4 cm³/mol. The Morgan fingerprint density at radius 1 is 1.57 bits per heavy atom. The standard InChI is InChI=1S/C8H12ClN3OS/c9-7-5-10-8(14-7)6-11-12-1-3-13-4-2-12/h5,11H,1-4,6H2. The second-order valence-electron chi connectivity index (χ2n) is 2.99. The summed E-state index contributed by atoms with van der Waals surface area (Å²) in [6.45, 7) is 4.20. The molecule has 0 atom stereocenters. The number of aromatic nitrogens is 1. The average molecular weight is 234 g/mol. The first-order chi connectivity index (χ1) is 6.84. The van der Waals surface area contributed by atoms with Gasteiger partial charge in [-0.25, -0.2) is 15.4 Å². The van der Waals surface area contributed by atoms with Crippen molar-refractivity contribution in [3.63, 3.8) is 0 Å². The van der Waals surface area contributed by atoms with Crippen molar-refractivity contribution in [1.82, 2.24) is 15.4 Å². The van der Waals surface area contributed by atoms with Crippen LogP contribution in [0.25, 0.3) is 0 Å². The summed E-state index contributed by atoms with van der Waals surface area (Å²) in [5, 5.41) is 3.17. The van der Waals surface area contributed by atoms with Crippen LogP contribution in [0.15, 0.2) is 6.20 Å². The van der Waals surface area contributed by atoms with E-state index < -0.39 is 0 Å². The zero-order chi connectivity index (χ0) is 9.80. The maximum atomic E-state index is 5.78. The first-order valence-corrected chi connectivity index (χ1v) is 5.70. The Bertz CT molecular complexity index is 288. The van der Waals surface area contributed by atoms with Gasteiger partial charge in [0.05, 0.1) is 26.0 Å². The summed E-state index contributed by atoms with van der Waals surface area (Å²) >= 11 is 7.29. The summed E-state index contributed by atoms with van der Waals surface area (Å²) in [5.41, 5.74) is 3.29. The third-order valence-corrected chi connectivity index (χ3v) is 3.11. The monoisotopic (exact) mass is 233 g/mol. The molecular formula is C8H12ClN3OS. The van der Waals surface area contributed by atoms with Crippen LogP contribution in [0.4, 0.5) is 0 Å². The Balaban J connectivity index is 1.76. The lowest BCUT2D eigenvalue weighted by molar-refractivity contribution is 0.0105. The summed E-state index contributed by atoms with van der Waals surface area (Å²) in [5.74, 6) is 0. The lowest BCUT2D eigenvalue weighted by Crippen LogP contribution is -2.45. The Labute approximate surface area is 91.8 Å². The molecule has 1 fully saturated rings. The van der Waals surface area contributed by atoms with E-state index in [1.807, 2.05) is 0 Å². The molecule has 1 saturated heterocycles. The fourth-order valence-electron chi connectivity index (χ4n) is 1.27. The van der Waals surface area contributed by atoms with Crippen LogP contribution in [0, 0.1) is 0 Å². The lowest BCUT2D eigenvalue weighted by atomic mass is 10.5. The van der Waals surface area contributed by atoms with E-state index in [0.29, 0.717) is 0 Å². The molecule has 6 heteroatoms. The Kier molecular flexibility index (Phi) is 3.72. The molecular weight excluding hydrogens is 222 g/mol. The van der Waals surface area contributed by atoms with Crippen LogP contribution in [0.3, 0.4) is 0 Å². The second kappa shape index (κ2) is 5.04. The van der Waals surface area contributed by atoms with E-state index in [1.165, 1.54) is 11.3 Å². The third kappa shape index (κ3) is 2.90. The second-order valence-corrected chi connectivity index (χ2v) is 4.74. The van der Waals surface area contributed by atoms with Gasteiger partial charge in [0.2, 0.25) is 0 Å². The van der Waals surface area contributed by atoms with E-state index in [1.54, 1.807) is 6.20 Å². The minimum Gasteiger partial charge on any atom is -0.379 e. The summed E-state index contributed by atoms with van der Waals surface area (Å²) in [7, 11) is 0. The fourth-order valence-corrected chi connectivity index (χ4v) is 2.16. The normalized spacial score (nSPS) is 18.6. The molecule has 1 aromatic rings. The number of hydrogen-bond acceptors (Lipinski definition) is 5. The van der Waals surface area contributed by atoms with E-state index in [-0.39, 0.29) is 0 Å². The molecule has 0 spiro atoms. The quantitative estimate of drug-likeness (QED) is 0.850. The lowest BCUT2D eigenvalue weighted by Gasteiger charge is -2.26. The van der Waals surface area contributed by atoms with Gasteiger partial charge in [-0.1, -0.05) is 11.6 Å². The van der Waals surface area contributed by atoms with Crippen LogP contribution in [0.5, 0.6) is 0 Å². The number of thiazole rings is 1. The summed E-state index contributed by atoms with van der Waals surface area (Å²) in [6.07, 6.45) is 1.68. The van der Waals surface area contributed by atoms with Crippen molar-refractivity contribution in [2.75, 3.05) is 26.3 Å². The van der Waals surface area contributed by atoms with Gasteiger partial charge in [-0.2, -0.15) is 0 Å². The molecule has 0 aliphatic carbocycles. The Hall–Kier alpha value is -0.200. The first kappa shape index (κ1) is 10.3. The molecule has 4 nitrogen and oxygen atoms in total. The van der Waals surface area contributed by atoms with Crippen LogP contribution < -0.4 is 5.43 Å². The topological polar surface area (TPSA) is 37.4 Å². The van der Waals surface area contributed by atoms with Crippen LogP contribution in [0.2, 0.25) is 4.34 Å². The van der Waals surface area contributed by atoms with E-state index in [0.717, 1.165) is 42.2 Å². The van der Waals surface area contributed by atoms with Crippen LogP contribution in [0.1, 0.15) is 5.01 Å². The number of nitrogens with zero attached hydrogens (tertiary/aromatic N) is 2. The Morgan fingerprint density at radius 3 is 3.00 bits per heavy atom. The van der Waals surface area contributed by atoms with E-state index in [2.05, 4.69) is 15.4 Å². The molecule has 2 heterocycles. The van der Waals surface area contributed by atoms with Gasteiger partial charge in [0.25, 0.3) is 0 Å². The van der Waals surface area contributed by atoms with Crippen molar-refractivity contribution in [2.45, 2.75) is 6.54 Å².